The number of pyridine rings is 1. The third kappa shape index (κ3) is 2.18. The van der Waals surface area contributed by atoms with Crippen molar-refractivity contribution in [2.75, 3.05) is 14.2 Å². The molecule has 3 heteroatoms. The lowest BCUT2D eigenvalue weighted by Crippen LogP contribution is -1.91. The van der Waals surface area contributed by atoms with Crippen molar-refractivity contribution in [2.45, 2.75) is 0 Å². The standard InChI is InChI=1S/C17H15NO2/c1-19-13-10-16-14(17(11-13)20-2)8-9-15(18-16)12-6-4-3-5-7-12/h3-11H,1-2H3. The summed E-state index contributed by atoms with van der Waals surface area (Å²) in [5.74, 6) is 1.51. The first-order chi connectivity index (χ1) is 9.81. The molecule has 3 nitrogen and oxygen atoms in total. The van der Waals surface area contributed by atoms with Crippen LogP contribution in [0, 0.1) is 0 Å². The predicted octanol–water partition coefficient (Wildman–Crippen LogP) is 3.92. The smallest absolute Gasteiger partial charge is 0.131 e. The van der Waals surface area contributed by atoms with Gasteiger partial charge in [0.05, 0.1) is 25.4 Å². The molecule has 3 aromatic rings. The summed E-state index contributed by atoms with van der Waals surface area (Å²) in [5, 5.41) is 0.980. The quantitative estimate of drug-likeness (QED) is 0.719. The van der Waals surface area contributed by atoms with Crippen molar-refractivity contribution < 1.29 is 9.47 Å². The fourth-order valence-electron chi connectivity index (χ4n) is 2.23. The zero-order valence-electron chi connectivity index (χ0n) is 11.5. The van der Waals surface area contributed by atoms with E-state index in [9.17, 15) is 0 Å². The fraction of sp³-hybridized carbons (Fsp3) is 0.118. The largest absolute Gasteiger partial charge is 0.497 e. The molecule has 0 aliphatic heterocycles. The molecule has 0 radical (unpaired) electrons. The molecule has 3 rings (SSSR count). The van der Waals surface area contributed by atoms with Crippen molar-refractivity contribution in [1.82, 2.24) is 4.98 Å². The van der Waals surface area contributed by atoms with Gasteiger partial charge in [0.2, 0.25) is 0 Å². The van der Waals surface area contributed by atoms with Crippen LogP contribution in [0.3, 0.4) is 0 Å². The van der Waals surface area contributed by atoms with Crippen LogP contribution < -0.4 is 9.47 Å². The Bertz CT molecular complexity index is 739. The highest BCUT2D eigenvalue weighted by molar-refractivity contribution is 5.88. The van der Waals surface area contributed by atoms with Crippen molar-refractivity contribution in [3.8, 4) is 22.8 Å². The van der Waals surface area contributed by atoms with Crippen molar-refractivity contribution in [2.24, 2.45) is 0 Å². The highest BCUT2D eigenvalue weighted by Gasteiger charge is 2.08. The van der Waals surface area contributed by atoms with E-state index in [4.69, 9.17) is 14.5 Å². The number of benzene rings is 2. The zero-order chi connectivity index (χ0) is 13.9. The molecule has 0 aliphatic carbocycles. The summed E-state index contributed by atoms with van der Waals surface area (Å²) in [7, 11) is 3.29. The van der Waals surface area contributed by atoms with Gasteiger partial charge in [-0.1, -0.05) is 30.3 Å². The minimum absolute atomic E-state index is 0.743. The van der Waals surface area contributed by atoms with Crippen molar-refractivity contribution in [3.63, 3.8) is 0 Å². The van der Waals surface area contributed by atoms with Gasteiger partial charge in [-0.3, -0.25) is 0 Å². The van der Waals surface area contributed by atoms with Gasteiger partial charge in [-0.15, -0.1) is 0 Å². The van der Waals surface area contributed by atoms with E-state index < -0.39 is 0 Å². The molecule has 1 aromatic heterocycles. The van der Waals surface area contributed by atoms with Crippen LogP contribution in [0.15, 0.2) is 54.6 Å². The molecule has 0 spiro atoms. The summed E-state index contributed by atoms with van der Waals surface area (Å²) in [5.41, 5.74) is 2.90. The minimum atomic E-state index is 0.743. The maximum absolute atomic E-state index is 5.40. The molecule has 1 heterocycles. The summed E-state index contributed by atoms with van der Waals surface area (Å²) >= 11 is 0. The third-order valence-corrected chi connectivity index (χ3v) is 3.27. The number of fused-ring (bicyclic) bond motifs is 1. The van der Waals surface area contributed by atoms with E-state index in [1.54, 1.807) is 14.2 Å². The molecular formula is C17H15NO2. The van der Waals surface area contributed by atoms with Crippen LogP contribution in [0.1, 0.15) is 0 Å². The second-order valence-electron chi connectivity index (χ2n) is 4.46. The average molecular weight is 265 g/mol. The number of aromatic nitrogens is 1. The summed E-state index contributed by atoms with van der Waals surface area (Å²) in [6.07, 6.45) is 0. The lowest BCUT2D eigenvalue weighted by molar-refractivity contribution is 0.398. The monoisotopic (exact) mass is 265 g/mol. The minimum Gasteiger partial charge on any atom is -0.497 e. The van der Waals surface area contributed by atoms with E-state index in [-0.39, 0.29) is 0 Å². The Labute approximate surface area is 117 Å². The van der Waals surface area contributed by atoms with Crippen LogP contribution in [0.4, 0.5) is 0 Å². The topological polar surface area (TPSA) is 31.4 Å². The van der Waals surface area contributed by atoms with E-state index in [0.29, 0.717) is 0 Å². The van der Waals surface area contributed by atoms with Crippen LogP contribution in [0.5, 0.6) is 11.5 Å². The molecule has 0 saturated heterocycles. The Morgan fingerprint density at radius 3 is 2.35 bits per heavy atom. The molecule has 0 unspecified atom stereocenters. The van der Waals surface area contributed by atoms with Gasteiger partial charge in [0.15, 0.2) is 0 Å². The first-order valence-electron chi connectivity index (χ1n) is 6.40. The van der Waals surface area contributed by atoms with Gasteiger partial charge in [-0.05, 0) is 12.1 Å². The number of hydrogen-bond donors (Lipinski definition) is 0. The van der Waals surface area contributed by atoms with E-state index in [0.717, 1.165) is 33.7 Å². The average Bonchev–Trinajstić information content (AvgIpc) is 2.54. The molecule has 0 saturated carbocycles. The van der Waals surface area contributed by atoms with Gasteiger partial charge in [0.25, 0.3) is 0 Å². The number of methoxy groups -OCH3 is 2. The highest BCUT2D eigenvalue weighted by atomic mass is 16.5. The van der Waals surface area contributed by atoms with Gasteiger partial charge < -0.3 is 9.47 Å². The summed E-state index contributed by atoms with van der Waals surface area (Å²) < 4.78 is 10.7. The van der Waals surface area contributed by atoms with Crippen molar-refractivity contribution >= 4 is 10.9 Å². The molecular weight excluding hydrogens is 250 g/mol. The van der Waals surface area contributed by atoms with Gasteiger partial charge in [-0.25, -0.2) is 4.98 Å². The van der Waals surface area contributed by atoms with Crippen LogP contribution in [0.25, 0.3) is 22.2 Å². The number of ether oxygens (including phenoxy) is 2. The second-order valence-corrected chi connectivity index (χ2v) is 4.46. The predicted molar refractivity (Wildman–Crippen MR) is 80.3 cm³/mol. The molecule has 0 bridgehead atoms. The molecule has 0 fully saturated rings. The van der Waals surface area contributed by atoms with Crippen molar-refractivity contribution in [3.05, 3.63) is 54.6 Å². The van der Waals surface area contributed by atoms with E-state index in [1.807, 2.05) is 54.6 Å². The maximum Gasteiger partial charge on any atom is 0.131 e. The summed E-state index contributed by atoms with van der Waals surface area (Å²) in [4.78, 5) is 4.70. The Kier molecular flexibility index (Phi) is 3.25. The molecule has 0 aliphatic rings. The van der Waals surface area contributed by atoms with E-state index in [2.05, 4.69) is 0 Å². The normalized spacial score (nSPS) is 10.5. The lowest BCUT2D eigenvalue weighted by atomic mass is 10.1. The second kappa shape index (κ2) is 5.21. The van der Waals surface area contributed by atoms with Crippen LogP contribution in [-0.2, 0) is 0 Å². The molecule has 20 heavy (non-hydrogen) atoms. The number of hydrogen-bond acceptors (Lipinski definition) is 3. The SMILES string of the molecule is COc1cc(OC)c2ccc(-c3ccccc3)nc2c1. The van der Waals surface area contributed by atoms with Crippen molar-refractivity contribution in [1.29, 1.82) is 0 Å². The molecule has 0 amide bonds. The summed E-state index contributed by atoms with van der Waals surface area (Å²) in [6.45, 7) is 0. The Morgan fingerprint density at radius 2 is 1.65 bits per heavy atom. The van der Waals surface area contributed by atoms with Crippen LogP contribution >= 0.6 is 0 Å². The Hall–Kier alpha value is -2.55. The third-order valence-electron chi connectivity index (χ3n) is 3.27. The summed E-state index contributed by atoms with van der Waals surface area (Å²) in [6, 6.07) is 17.9. The number of rotatable bonds is 3. The van der Waals surface area contributed by atoms with Gasteiger partial charge in [0, 0.05) is 23.1 Å². The van der Waals surface area contributed by atoms with E-state index in [1.165, 1.54) is 0 Å². The molecule has 100 valence electrons. The van der Waals surface area contributed by atoms with Crippen LogP contribution in [0.2, 0.25) is 0 Å². The maximum atomic E-state index is 5.40. The van der Waals surface area contributed by atoms with Gasteiger partial charge in [-0.2, -0.15) is 0 Å². The Morgan fingerprint density at radius 1 is 0.850 bits per heavy atom. The lowest BCUT2D eigenvalue weighted by Gasteiger charge is -2.09. The number of nitrogens with zero attached hydrogens (tertiary/aromatic N) is 1. The zero-order valence-corrected chi connectivity index (χ0v) is 11.5. The molecule has 0 N–H and O–H groups in total. The fourth-order valence-corrected chi connectivity index (χ4v) is 2.23. The van der Waals surface area contributed by atoms with E-state index >= 15 is 0 Å². The molecule has 0 atom stereocenters. The first-order valence-corrected chi connectivity index (χ1v) is 6.40. The first kappa shape index (κ1) is 12.5. The van der Waals surface area contributed by atoms with Gasteiger partial charge in [0.1, 0.15) is 11.5 Å². The Balaban J connectivity index is 2.20. The molecule has 2 aromatic carbocycles. The van der Waals surface area contributed by atoms with Gasteiger partial charge >= 0.3 is 0 Å². The van der Waals surface area contributed by atoms with Crippen LogP contribution in [-0.4, -0.2) is 19.2 Å². The highest BCUT2D eigenvalue weighted by Crippen LogP contribution is 2.31.